The van der Waals surface area contributed by atoms with E-state index in [0.717, 1.165) is 11.1 Å². The molecule has 4 rings (SSSR count). The Bertz CT molecular complexity index is 1180. The van der Waals surface area contributed by atoms with Crippen LogP contribution in [0.4, 0.5) is 20.4 Å². The quantitative estimate of drug-likeness (QED) is 0.539. The minimum atomic E-state index is -2.53. The smallest absolute Gasteiger partial charge is 0.257 e. The maximum absolute atomic E-state index is 12.6. The average molecular weight is 442 g/mol. The molecule has 0 aliphatic carbocycles. The minimum Gasteiger partial charge on any atom is -0.472 e. The summed E-state index contributed by atoms with van der Waals surface area (Å²) < 4.78 is 32.3. The molecule has 1 aliphatic heterocycles. The summed E-state index contributed by atoms with van der Waals surface area (Å²) in [6.45, 7) is 3.98. The first-order valence-corrected chi connectivity index (χ1v) is 9.91. The number of anilines is 2. The summed E-state index contributed by atoms with van der Waals surface area (Å²) in [4.78, 5) is 25.3. The van der Waals surface area contributed by atoms with Crippen LogP contribution in [0.5, 0.6) is 5.88 Å². The monoisotopic (exact) mass is 442 g/mol. The highest BCUT2D eigenvalue weighted by molar-refractivity contribution is 5.88. The second kappa shape index (κ2) is 9.01. The van der Waals surface area contributed by atoms with Crippen molar-refractivity contribution in [1.82, 2.24) is 29.6 Å². The number of aromatic amines is 1. The molecule has 0 bridgehead atoms. The third-order valence-corrected chi connectivity index (χ3v) is 4.98. The topological polar surface area (TPSA) is 125 Å². The molecule has 0 radical (unpaired) electrons. The largest absolute Gasteiger partial charge is 0.472 e. The van der Waals surface area contributed by atoms with Gasteiger partial charge in [-0.25, -0.2) is 8.78 Å². The van der Waals surface area contributed by atoms with Crippen molar-refractivity contribution in [1.29, 1.82) is 5.26 Å². The number of ether oxygens (including phenoxy) is 1. The van der Waals surface area contributed by atoms with E-state index in [-0.39, 0.29) is 23.8 Å². The lowest BCUT2D eigenvalue weighted by molar-refractivity contribution is -0.128. The Morgan fingerprint density at radius 2 is 2.34 bits per heavy atom. The first kappa shape index (κ1) is 21.2. The number of hydrogen-bond donors (Lipinski definition) is 2. The zero-order valence-electron chi connectivity index (χ0n) is 17.0. The molecule has 1 amide bonds. The summed E-state index contributed by atoms with van der Waals surface area (Å²) in [5.41, 5.74) is 1.12. The molecule has 0 saturated carbocycles. The van der Waals surface area contributed by atoms with Crippen LogP contribution in [0.3, 0.4) is 0 Å². The molecule has 3 aromatic rings. The van der Waals surface area contributed by atoms with Gasteiger partial charge in [-0.15, -0.1) is 0 Å². The second-order valence-corrected chi connectivity index (χ2v) is 7.23. The SMILES string of the molecule is C=CC(=O)N1CCCC(Oc2nc(Nc3cnn(CC(F)F)c3)nc3[nH]cc(C#N)c23)C1. The van der Waals surface area contributed by atoms with Crippen LogP contribution in [0.25, 0.3) is 11.0 Å². The molecule has 12 heteroatoms. The van der Waals surface area contributed by atoms with E-state index in [0.29, 0.717) is 41.8 Å². The fourth-order valence-corrected chi connectivity index (χ4v) is 3.55. The average Bonchev–Trinajstić information content (AvgIpc) is 3.39. The molecule has 0 spiro atoms. The number of carbonyl (C=O) groups is 1. The van der Waals surface area contributed by atoms with E-state index in [4.69, 9.17) is 4.74 Å². The zero-order valence-corrected chi connectivity index (χ0v) is 17.0. The molecule has 1 fully saturated rings. The molecule has 1 unspecified atom stereocenters. The maximum Gasteiger partial charge on any atom is 0.257 e. The summed E-state index contributed by atoms with van der Waals surface area (Å²) in [6.07, 6.45) is 4.18. The van der Waals surface area contributed by atoms with Crippen molar-refractivity contribution in [3.63, 3.8) is 0 Å². The van der Waals surface area contributed by atoms with Gasteiger partial charge in [0.2, 0.25) is 17.7 Å². The van der Waals surface area contributed by atoms with Gasteiger partial charge in [-0.3, -0.25) is 9.48 Å². The second-order valence-electron chi connectivity index (χ2n) is 7.23. The van der Waals surface area contributed by atoms with Crippen LogP contribution in [0.15, 0.2) is 31.2 Å². The lowest BCUT2D eigenvalue weighted by Crippen LogP contribution is -2.43. The highest BCUT2D eigenvalue weighted by atomic mass is 19.3. The van der Waals surface area contributed by atoms with Crippen molar-refractivity contribution in [2.45, 2.75) is 31.9 Å². The fourth-order valence-electron chi connectivity index (χ4n) is 3.55. The van der Waals surface area contributed by atoms with Crippen molar-refractivity contribution in [3.8, 4) is 11.9 Å². The molecular formula is C20H20F2N8O2. The van der Waals surface area contributed by atoms with Gasteiger partial charge in [0.25, 0.3) is 6.43 Å². The third kappa shape index (κ3) is 4.51. The number of nitrogens with zero attached hydrogens (tertiary/aromatic N) is 6. The Morgan fingerprint density at radius 3 is 3.09 bits per heavy atom. The normalized spacial score (nSPS) is 16.2. The molecular weight excluding hydrogens is 422 g/mol. The number of rotatable bonds is 7. The number of nitriles is 1. The van der Waals surface area contributed by atoms with E-state index in [1.807, 2.05) is 0 Å². The Balaban J connectivity index is 1.61. The highest BCUT2D eigenvalue weighted by Crippen LogP contribution is 2.30. The van der Waals surface area contributed by atoms with Crippen LogP contribution >= 0.6 is 0 Å². The number of aromatic nitrogens is 5. The van der Waals surface area contributed by atoms with Crippen LogP contribution in [-0.2, 0) is 11.3 Å². The predicted octanol–water partition coefficient (Wildman–Crippen LogP) is 2.59. The molecule has 0 aromatic carbocycles. The van der Waals surface area contributed by atoms with E-state index in [1.165, 1.54) is 24.7 Å². The number of carbonyl (C=O) groups excluding carboxylic acids is 1. The molecule has 4 heterocycles. The number of halogens is 2. The summed E-state index contributed by atoms with van der Waals surface area (Å²) >= 11 is 0. The van der Waals surface area contributed by atoms with Gasteiger partial charge in [-0.2, -0.15) is 20.3 Å². The van der Waals surface area contributed by atoms with E-state index in [1.54, 1.807) is 4.90 Å². The standard InChI is InChI=1S/C20H20F2N8O2/c1-2-16(31)29-5-3-4-14(10-29)32-19-17-12(6-23)7-24-18(17)27-20(28-19)26-13-8-25-30(9-13)11-15(21)22/h2,7-9,14-15H,1,3-5,10-11H2,(H2,24,26,27,28). The molecule has 1 saturated heterocycles. The number of amides is 1. The number of nitrogens with one attached hydrogen (secondary N) is 2. The van der Waals surface area contributed by atoms with Crippen molar-refractivity contribution in [2.75, 3.05) is 18.4 Å². The number of alkyl halides is 2. The van der Waals surface area contributed by atoms with Crippen LogP contribution in [-0.4, -0.2) is 61.2 Å². The van der Waals surface area contributed by atoms with E-state index in [9.17, 15) is 18.8 Å². The molecule has 166 valence electrons. The lowest BCUT2D eigenvalue weighted by Gasteiger charge is -2.32. The van der Waals surface area contributed by atoms with Crippen molar-refractivity contribution in [3.05, 3.63) is 36.8 Å². The van der Waals surface area contributed by atoms with Gasteiger partial charge >= 0.3 is 0 Å². The van der Waals surface area contributed by atoms with Gasteiger partial charge in [-0.1, -0.05) is 6.58 Å². The maximum atomic E-state index is 12.6. The number of piperidine rings is 1. The van der Waals surface area contributed by atoms with Crippen molar-refractivity contribution >= 4 is 28.6 Å². The molecule has 1 aliphatic rings. The van der Waals surface area contributed by atoms with Crippen molar-refractivity contribution < 1.29 is 18.3 Å². The van der Waals surface area contributed by atoms with Gasteiger partial charge in [-0.05, 0) is 18.9 Å². The van der Waals surface area contributed by atoms with Crippen LogP contribution in [0.1, 0.15) is 18.4 Å². The zero-order chi connectivity index (χ0) is 22.7. The van der Waals surface area contributed by atoms with Crippen LogP contribution in [0, 0.1) is 11.3 Å². The minimum absolute atomic E-state index is 0.144. The van der Waals surface area contributed by atoms with E-state index in [2.05, 4.69) is 38.0 Å². The van der Waals surface area contributed by atoms with Gasteiger partial charge in [0, 0.05) is 18.9 Å². The Labute approximate surface area is 181 Å². The Morgan fingerprint density at radius 1 is 1.50 bits per heavy atom. The number of fused-ring (bicyclic) bond motifs is 1. The van der Waals surface area contributed by atoms with Gasteiger partial charge in [0.15, 0.2) is 0 Å². The lowest BCUT2D eigenvalue weighted by atomic mass is 10.1. The summed E-state index contributed by atoms with van der Waals surface area (Å²) in [5.74, 6) is 0.159. The van der Waals surface area contributed by atoms with E-state index < -0.39 is 13.0 Å². The van der Waals surface area contributed by atoms with Gasteiger partial charge in [0.05, 0.1) is 29.4 Å². The number of hydrogen-bond acceptors (Lipinski definition) is 7. The van der Waals surface area contributed by atoms with E-state index >= 15 is 0 Å². The predicted molar refractivity (Wildman–Crippen MR) is 111 cm³/mol. The molecule has 10 nitrogen and oxygen atoms in total. The van der Waals surface area contributed by atoms with Gasteiger partial charge < -0.3 is 19.9 Å². The third-order valence-electron chi connectivity index (χ3n) is 4.98. The molecule has 32 heavy (non-hydrogen) atoms. The molecule has 3 aromatic heterocycles. The summed E-state index contributed by atoms with van der Waals surface area (Å²) in [7, 11) is 0. The summed E-state index contributed by atoms with van der Waals surface area (Å²) in [5, 5.41) is 16.7. The van der Waals surface area contributed by atoms with Crippen LogP contribution in [0.2, 0.25) is 0 Å². The Hall–Kier alpha value is -4.01. The molecule has 1 atom stereocenters. The summed E-state index contributed by atoms with van der Waals surface area (Å²) in [6, 6.07) is 2.08. The number of H-pyrrole nitrogens is 1. The molecule has 2 N–H and O–H groups in total. The fraction of sp³-hybridized carbons (Fsp3) is 0.350. The number of likely N-dealkylation sites (tertiary alicyclic amines) is 1. The van der Waals surface area contributed by atoms with Gasteiger partial charge in [0.1, 0.15) is 24.4 Å². The first-order chi connectivity index (χ1) is 15.5. The van der Waals surface area contributed by atoms with Crippen molar-refractivity contribution in [2.24, 2.45) is 0 Å². The first-order valence-electron chi connectivity index (χ1n) is 9.91. The van der Waals surface area contributed by atoms with Crippen LogP contribution < -0.4 is 10.1 Å². The Kier molecular flexibility index (Phi) is 5.98. The highest BCUT2D eigenvalue weighted by Gasteiger charge is 2.26.